The van der Waals surface area contributed by atoms with Crippen LogP contribution in [0.25, 0.3) is 5.69 Å². The molecule has 0 saturated heterocycles. The van der Waals surface area contributed by atoms with Crippen LogP contribution in [0.3, 0.4) is 0 Å². The van der Waals surface area contributed by atoms with Crippen LogP contribution in [0.5, 0.6) is 0 Å². The third-order valence-electron chi connectivity index (χ3n) is 5.41. The molecule has 2 aromatic rings. The fraction of sp³-hybridized carbons (Fsp3) is 0.560. The van der Waals surface area contributed by atoms with Gasteiger partial charge in [-0.1, -0.05) is 52.3 Å². The lowest BCUT2D eigenvalue weighted by Crippen LogP contribution is -2.46. The minimum atomic E-state index is -0.724. The molecule has 0 atom stereocenters. The average Bonchev–Trinajstić information content (AvgIpc) is 3.14. The average molecular weight is 461 g/mol. The van der Waals surface area contributed by atoms with Crippen LogP contribution in [0.15, 0.2) is 30.3 Å². The number of carbonyl (C=O) groups excluding carboxylic acids is 2. The Balaban J connectivity index is 2.33. The van der Waals surface area contributed by atoms with Crippen molar-refractivity contribution in [2.45, 2.75) is 66.7 Å². The summed E-state index contributed by atoms with van der Waals surface area (Å²) in [6.45, 7) is 14.4. The molecule has 0 aliphatic heterocycles. The number of amides is 2. The Morgan fingerprint density at radius 1 is 1.16 bits per heavy atom. The maximum Gasteiger partial charge on any atom is 0.245 e. The number of benzene rings is 1. The molecule has 176 valence electrons. The maximum atomic E-state index is 13.1. The van der Waals surface area contributed by atoms with Gasteiger partial charge in [0.15, 0.2) is 0 Å². The fourth-order valence-electron chi connectivity index (χ4n) is 3.26. The van der Waals surface area contributed by atoms with Gasteiger partial charge in [0.25, 0.3) is 0 Å². The molecule has 6 nitrogen and oxygen atoms in total. The van der Waals surface area contributed by atoms with Crippen molar-refractivity contribution in [3.05, 3.63) is 41.6 Å². The second kappa shape index (κ2) is 10.5. The molecule has 0 bridgehead atoms. The molecule has 0 aliphatic rings. The van der Waals surface area contributed by atoms with Crippen LogP contribution >= 0.6 is 11.6 Å². The van der Waals surface area contributed by atoms with Gasteiger partial charge in [0.2, 0.25) is 11.8 Å². The molecule has 0 fully saturated rings. The monoisotopic (exact) mass is 460 g/mol. The van der Waals surface area contributed by atoms with Gasteiger partial charge in [0, 0.05) is 23.9 Å². The number of anilines is 1. The minimum Gasteiger partial charge on any atom is -0.333 e. The zero-order chi connectivity index (χ0) is 24.1. The lowest BCUT2D eigenvalue weighted by molar-refractivity contribution is -0.141. The lowest BCUT2D eigenvalue weighted by Gasteiger charge is -2.30. The van der Waals surface area contributed by atoms with E-state index in [1.165, 1.54) is 0 Å². The summed E-state index contributed by atoms with van der Waals surface area (Å²) >= 11 is 6.02. The van der Waals surface area contributed by atoms with Crippen LogP contribution in [0.1, 0.15) is 65.6 Å². The van der Waals surface area contributed by atoms with Gasteiger partial charge in [0.1, 0.15) is 5.82 Å². The quantitative estimate of drug-likeness (QED) is 0.515. The van der Waals surface area contributed by atoms with E-state index in [1.54, 1.807) is 9.58 Å². The van der Waals surface area contributed by atoms with Gasteiger partial charge in [-0.3, -0.25) is 9.59 Å². The summed E-state index contributed by atoms with van der Waals surface area (Å²) in [5, 5.41) is 7.78. The van der Waals surface area contributed by atoms with Crippen molar-refractivity contribution >= 4 is 29.2 Å². The van der Waals surface area contributed by atoms with Crippen molar-refractivity contribution in [2.24, 2.45) is 5.41 Å². The first kappa shape index (κ1) is 25.9. The molecule has 1 heterocycles. The third kappa shape index (κ3) is 6.35. The number of hydrogen-bond donors (Lipinski definition) is 1. The number of nitrogens with one attached hydrogen (secondary N) is 1. The highest BCUT2D eigenvalue weighted by Gasteiger charge is 2.32. The van der Waals surface area contributed by atoms with Crippen molar-refractivity contribution in [3.63, 3.8) is 0 Å². The van der Waals surface area contributed by atoms with Crippen molar-refractivity contribution in [3.8, 4) is 5.69 Å². The Kier molecular flexibility index (Phi) is 8.52. The molecule has 0 unspecified atom stereocenters. The number of hydrogen-bond acceptors (Lipinski definition) is 3. The predicted molar refractivity (Wildman–Crippen MR) is 132 cm³/mol. The standard InChI is InChI=1S/C25H37ClN4O2/c1-8-9-14-29(23(32)25(6,7)17-26)16-22(31)27-21-15-20(24(3,4)5)28-30(21)19-13-11-10-12-18(19)2/h10-13,15H,8-9,14,16-17H2,1-7H3,(H,27,31). The fourth-order valence-corrected chi connectivity index (χ4v) is 3.38. The summed E-state index contributed by atoms with van der Waals surface area (Å²) < 4.78 is 1.77. The number of aryl methyl sites for hydroxylation is 1. The van der Waals surface area contributed by atoms with E-state index in [0.29, 0.717) is 12.4 Å². The Labute approximate surface area is 197 Å². The molecular formula is C25H37ClN4O2. The largest absolute Gasteiger partial charge is 0.333 e. The van der Waals surface area contributed by atoms with Gasteiger partial charge in [-0.2, -0.15) is 5.10 Å². The molecule has 0 radical (unpaired) electrons. The molecule has 0 spiro atoms. The SMILES string of the molecule is CCCCN(CC(=O)Nc1cc(C(C)(C)C)nn1-c1ccccc1C)C(=O)C(C)(C)CCl. The van der Waals surface area contributed by atoms with E-state index in [9.17, 15) is 9.59 Å². The van der Waals surface area contributed by atoms with Gasteiger partial charge < -0.3 is 10.2 Å². The van der Waals surface area contributed by atoms with E-state index in [4.69, 9.17) is 16.7 Å². The van der Waals surface area contributed by atoms with E-state index < -0.39 is 5.41 Å². The van der Waals surface area contributed by atoms with E-state index in [1.807, 2.05) is 51.1 Å². The second-order valence-electron chi connectivity index (χ2n) is 10.0. The van der Waals surface area contributed by atoms with Crippen molar-refractivity contribution < 1.29 is 9.59 Å². The molecule has 0 aliphatic carbocycles. The third-order valence-corrected chi connectivity index (χ3v) is 6.07. The van der Waals surface area contributed by atoms with Gasteiger partial charge in [-0.05, 0) is 38.8 Å². The summed E-state index contributed by atoms with van der Waals surface area (Å²) in [6, 6.07) is 9.82. The number of halogens is 1. The number of aromatic nitrogens is 2. The lowest BCUT2D eigenvalue weighted by atomic mass is 9.92. The molecule has 1 aromatic carbocycles. The number of unbranched alkanes of at least 4 members (excludes halogenated alkanes) is 1. The van der Waals surface area contributed by atoms with Crippen LogP contribution in [0.2, 0.25) is 0 Å². The molecule has 2 amide bonds. The first-order valence-electron chi connectivity index (χ1n) is 11.2. The maximum absolute atomic E-state index is 13.1. The molecule has 2 rings (SSSR count). The first-order valence-corrected chi connectivity index (χ1v) is 11.8. The highest BCUT2D eigenvalue weighted by atomic mass is 35.5. The highest BCUT2D eigenvalue weighted by Crippen LogP contribution is 2.27. The van der Waals surface area contributed by atoms with Crippen LogP contribution in [-0.4, -0.2) is 45.5 Å². The molecule has 1 N–H and O–H groups in total. The number of carbonyl (C=O) groups is 2. The minimum absolute atomic E-state index is 0.0248. The molecule has 32 heavy (non-hydrogen) atoms. The Bertz CT molecular complexity index is 944. The molecule has 1 aromatic heterocycles. The number of rotatable bonds is 9. The number of nitrogens with zero attached hydrogens (tertiary/aromatic N) is 3. The van der Waals surface area contributed by atoms with E-state index in [-0.39, 0.29) is 29.7 Å². The summed E-state index contributed by atoms with van der Waals surface area (Å²) in [5.74, 6) is 0.424. The number of alkyl halides is 1. The normalized spacial score (nSPS) is 12.0. The van der Waals surface area contributed by atoms with Crippen molar-refractivity contribution in [2.75, 3.05) is 24.3 Å². The van der Waals surface area contributed by atoms with Crippen molar-refractivity contribution in [1.29, 1.82) is 0 Å². The molecular weight excluding hydrogens is 424 g/mol. The number of para-hydroxylation sites is 1. The Morgan fingerprint density at radius 3 is 2.38 bits per heavy atom. The van der Waals surface area contributed by atoms with Crippen LogP contribution in [0.4, 0.5) is 5.82 Å². The van der Waals surface area contributed by atoms with Gasteiger partial charge in [0.05, 0.1) is 23.3 Å². The van der Waals surface area contributed by atoms with Crippen LogP contribution < -0.4 is 5.32 Å². The molecule has 7 heteroatoms. The van der Waals surface area contributed by atoms with Gasteiger partial charge >= 0.3 is 0 Å². The zero-order valence-corrected chi connectivity index (χ0v) is 21.2. The summed E-state index contributed by atoms with van der Waals surface area (Å²) in [7, 11) is 0. The summed E-state index contributed by atoms with van der Waals surface area (Å²) in [5.41, 5.74) is 1.92. The van der Waals surface area contributed by atoms with Crippen molar-refractivity contribution in [1.82, 2.24) is 14.7 Å². The predicted octanol–water partition coefficient (Wildman–Crippen LogP) is 5.31. The Morgan fingerprint density at radius 2 is 1.81 bits per heavy atom. The summed E-state index contributed by atoms with van der Waals surface area (Å²) in [4.78, 5) is 27.7. The van der Waals surface area contributed by atoms with Gasteiger partial charge in [-0.15, -0.1) is 11.6 Å². The second-order valence-corrected chi connectivity index (χ2v) is 10.3. The smallest absolute Gasteiger partial charge is 0.245 e. The Hall–Kier alpha value is -2.34. The van der Waals surface area contributed by atoms with E-state index >= 15 is 0 Å². The van der Waals surface area contributed by atoms with Gasteiger partial charge in [-0.25, -0.2) is 4.68 Å². The zero-order valence-electron chi connectivity index (χ0n) is 20.5. The van der Waals surface area contributed by atoms with Crippen LogP contribution in [-0.2, 0) is 15.0 Å². The highest BCUT2D eigenvalue weighted by molar-refractivity contribution is 6.19. The topological polar surface area (TPSA) is 67.2 Å². The van der Waals surface area contributed by atoms with Crippen LogP contribution in [0, 0.1) is 12.3 Å². The first-order chi connectivity index (χ1) is 14.9. The van der Waals surface area contributed by atoms with E-state index in [2.05, 4.69) is 33.0 Å². The van der Waals surface area contributed by atoms with E-state index in [0.717, 1.165) is 29.8 Å². The summed E-state index contributed by atoms with van der Waals surface area (Å²) in [6.07, 6.45) is 1.76. The molecule has 0 saturated carbocycles.